The highest BCUT2D eigenvalue weighted by Gasteiger charge is 2.51. The smallest absolute Gasteiger partial charge is 0.391 e. The van der Waals surface area contributed by atoms with E-state index < -0.39 is 63.2 Å². The van der Waals surface area contributed by atoms with E-state index in [1.54, 1.807) is 0 Å². The zero-order valence-corrected chi connectivity index (χ0v) is 35.6. The van der Waals surface area contributed by atoms with E-state index in [0.717, 1.165) is 38.5 Å². The van der Waals surface area contributed by atoms with Gasteiger partial charge in [0.05, 0.1) is 18.8 Å². The molecular weight excluding hydrogens is 725 g/mol. The van der Waals surface area contributed by atoms with Crippen LogP contribution in [-0.2, 0) is 18.4 Å². The van der Waals surface area contributed by atoms with E-state index in [1.807, 2.05) is 0 Å². The maximum Gasteiger partial charge on any atom is 0.472 e. The summed E-state index contributed by atoms with van der Waals surface area (Å²) in [7, 11) is -5.05. The van der Waals surface area contributed by atoms with Crippen molar-refractivity contribution in [2.45, 2.75) is 255 Å². The fourth-order valence-electron chi connectivity index (χ4n) is 7.44. The highest BCUT2D eigenvalue weighted by molar-refractivity contribution is 7.47. The van der Waals surface area contributed by atoms with Gasteiger partial charge in [-0.2, -0.15) is 0 Å². The topological polar surface area (TPSA) is 206 Å². The Kier molecular flexibility index (Phi) is 31.6. The first kappa shape index (κ1) is 52.4. The second-order valence-electron chi connectivity index (χ2n) is 16.3. The third-order valence-electron chi connectivity index (χ3n) is 11.2. The Labute approximate surface area is 334 Å². The number of phosphoric acid groups is 1. The Morgan fingerprint density at radius 2 is 0.873 bits per heavy atom. The predicted molar refractivity (Wildman–Crippen MR) is 218 cm³/mol. The fraction of sp³-hybridized carbons (Fsp3) is 0.976. The molecule has 1 aliphatic carbocycles. The Bertz CT molecular complexity index is 946. The summed E-state index contributed by atoms with van der Waals surface area (Å²) >= 11 is 0. The van der Waals surface area contributed by atoms with Gasteiger partial charge in [0.15, 0.2) is 0 Å². The van der Waals surface area contributed by atoms with E-state index in [4.69, 9.17) is 9.05 Å². The molecule has 1 fully saturated rings. The van der Waals surface area contributed by atoms with Crippen LogP contribution in [0.1, 0.15) is 206 Å². The van der Waals surface area contributed by atoms with Crippen molar-refractivity contribution >= 4 is 13.7 Å². The van der Waals surface area contributed by atoms with Gasteiger partial charge in [-0.25, -0.2) is 4.57 Å². The summed E-state index contributed by atoms with van der Waals surface area (Å²) in [5.41, 5.74) is 0. The quantitative estimate of drug-likeness (QED) is 0.0224. The Balaban J connectivity index is 2.48. The number of carbonyl (C=O) groups excluding carboxylic acids is 1. The number of amides is 1. The minimum atomic E-state index is -5.05. The number of aliphatic hydroxyl groups excluding tert-OH is 6. The van der Waals surface area contributed by atoms with Gasteiger partial charge in [-0.1, -0.05) is 187 Å². The summed E-state index contributed by atoms with van der Waals surface area (Å²) in [4.78, 5) is 23.4. The minimum absolute atomic E-state index is 0.242. The third kappa shape index (κ3) is 25.4. The van der Waals surface area contributed by atoms with Crippen molar-refractivity contribution in [1.82, 2.24) is 5.32 Å². The van der Waals surface area contributed by atoms with Crippen molar-refractivity contribution in [3.63, 3.8) is 0 Å². The molecule has 1 aliphatic rings. The van der Waals surface area contributed by atoms with Gasteiger partial charge in [0, 0.05) is 6.42 Å². The molecule has 1 saturated carbocycles. The van der Waals surface area contributed by atoms with Gasteiger partial charge in [0.1, 0.15) is 36.6 Å². The molecule has 13 heteroatoms. The van der Waals surface area contributed by atoms with Crippen molar-refractivity contribution < 1.29 is 53.9 Å². The molecule has 0 aromatic rings. The first-order valence-corrected chi connectivity index (χ1v) is 24.0. The highest BCUT2D eigenvalue weighted by Crippen LogP contribution is 2.47. The van der Waals surface area contributed by atoms with E-state index in [9.17, 15) is 44.9 Å². The lowest BCUT2D eigenvalue weighted by molar-refractivity contribution is -0.220. The standard InChI is InChI=1S/C42H84NO11P/c1-3-5-7-9-11-13-15-17-18-20-22-24-26-28-30-32-36(45)43-34(35(44)31-29-27-25-23-21-19-16-14-12-10-8-6-4-2)33-53-55(51,52)54-42-40(49)38(47)37(46)39(48)41(42)50/h34-35,37-42,44,46-50H,3-33H2,1-2H3,(H,43,45)(H,51,52)/t34-,35+,37?,38+,39?,40?,41?,42?/m0/s1. The lowest BCUT2D eigenvalue weighted by Gasteiger charge is -2.41. The summed E-state index contributed by atoms with van der Waals surface area (Å²) < 4.78 is 22.9. The molecule has 328 valence electrons. The molecule has 9 atom stereocenters. The first-order chi connectivity index (χ1) is 26.4. The van der Waals surface area contributed by atoms with Gasteiger partial charge in [0.25, 0.3) is 0 Å². The monoisotopic (exact) mass is 810 g/mol. The molecule has 55 heavy (non-hydrogen) atoms. The zero-order valence-electron chi connectivity index (χ0n) is 34.7. The fourth-order valence-corrected chi connectivity index (χ4v) is 8.40. The van der Waals surface area contributed by atoms with Gasteiger partial charge in [-0.05, 0) is 12.8 Å². The van der Waals surface area contributed by atoms with Crippen LogP contribution in [0.2, 0.25) is 0 Å². The van der Waals surface area contributed by atoms with Gasteiger partial charge < -0.3 is 40.8 Å². The van der Waals surface area contributed by atoms with Crippen LogP contribution in [-0.4, -0.2) is 96.8 Å². The van der Waals surface area contributed by atoms with Gasteiger partial charge in [-0.3, -0.25) is 13.8 Å². The van der Waals surface area contributed by atoms with E-state index in [0.29, 0.717) is 19.3 Å². The molecule has 12 nitrogen and oxygen atoms in total. The molecule has 0 radical (unpaired) electrons. The van der Waals surface area contributed by atoms with Crippen LogP contribution in [0, 0.1) is 0 Å². The van der Waals surface area contributed by atoms with Gasteiger partial charge in [0.2, 0.25) is 5.91 Å². The number of hydrogen-bond donors (Lipinski definition) is 8. The molecule has 8 N–H and O–H groups in total. The van der Waals surface area contributed by atoms with Gasteiger partial charge >= 0.3 is 7.82 Å². The summed E-state index contributed by atoms with van der Waals surface area (Å²) in [6.07, 6.45) is 21.3. The largest absolute Gasteiger partial charge is 0.472 e. The third-order valence-corrected chi connectivity index (χ3v) is 12.2. The minimum Gasteiger partial charge on any atom is -0.391 e. The lowest BCUT2D eigenvalue weighted by atomic mass is 9.85. The Morgan fingerprint density at radius 3 is 1.25 bits per heavy atom. The average Bonchev–Trinajstić information content (AvgIpc) is 3.16. The molecule has 0 aromatic heterocycles. The maximum absolute atomic E-state index is 12.9. The van der Waals surface area contributed by atoms with Crippen LogP contribution in [0.3, 0.4) is 0 Å². The van der Waals surface area contributed by atoms with E-state index >= 15 is 0 Å². The molecule has 0 saturated heterocycles. The molecule has 0 spiro atoms. The number of unbranched alkanes of at least 4 members (excludes halogenated alkanes) is 26. The number of phosphoric ester groups is 1. The second kappa shape index (κ2) is 33.2. The van der Waals surface area contributed by atoms with Crippen LogP contribution >= 0.6 is 7.82 Å². The van der Waals surface area contributed by atoms with Crippen LogP contribution < -0.4 is 5.32 Å². The first-order valence-electron chi connectivity index (χ1n) is 22.5. The molecule has 1 amide bonds. The average molecular weight is 810 g/mol. The van der Waals surface area contributed by atoms with E-state index in [1.165, 1.54) is 128 Å². The Hall–Kier alpha value is -0.660. The van der Waals surface area contributed by atoms with Crippen molar-refractivity contribution in [2.75, 3.05) is 6.61 Å². The van der Waals surface area contributed by atoms with Crippen LogP contribution in [0.5, 0.6) is 0 Å². The van der Waals surface area contributed by atoms with Crippen LogP contribution in [0.4, 0.5) is 0 Å². The summed E-state index contributed by atoms with van der Waals surface area (Å²) in [5.74, 6) is -0.306. The maximum atomic E-state index is 12.9. The number of hydrogen-bond acceptors (Lipinski definition) is 10. The zero-order chi connectivity index (χ0) is 40.7. The van der Waals surface area contributed by atoms with Crippen LogP contribution in [0.25, 0.3) is 0 Å². The predicted octanol–water partition coefficient (Wildman–Crippen LogP) is 7.90. The summed E-state index contributed by atoms with van der Waals surface area (Å²) in [6.45, 7) is 3.88. The Morgan fingerprint density at radius 1 is 0.545 bits per heavy atom. The van der Waals surface area contributed by atoms with Crippen molar-refractivity contribution in [3.8, 4) is 0 Å². The van der Waals surface area contributed by atoms with Crippen molar-refractivity contribution in [1.29, 1.82) is 0 Å². The normalized spacial score (nSPS) is 23.7. The number of nitrogens with one attached hydrogen (secondary N) is 1. The number of carbonyl (C=O) groups is 1. The molecule has 0 heterocycles. The second-order valence-corrected chi connectivity index (χ2v) is 17.7. The number of aliphatic hydroxyl groups is 6. The summed E-state index contributed by atoms with van der Waals surface area (Å²) in [6, 6.07) is -1.02. The van der Waals surface area contributed by atoms with Crippen molar-refractivity contribution in [2.24, 2.45) is 0 Å². The SMILES string of the molecule is CCCCCCCCCCCCCCCCCC(=O)N[C@@H](COP(=O)(O)OC1C(O)C(O)C(O)[C@@H](O)C1O)[C@H](O)CCCCCCCCCCCCCCC. The molecule has 0 aliphatic heterocycles. The molecule has 6 unspecified atom stereocenters. The van der Waals surface area contributed by atoms with E-state index in [2.05, 4.69) is 19.2 Å². The number of rotatable bonds is 37. The van der Waals surface area contributed by atoms with Crippen molar-refractivity contribution in [3.05, 3.63) is 0 Å². The lowest BCUT2D eigenvalue weighted by Crippen LogP contribution is -2.64. The van der Waals surface area contributed by atoms with E-state index in [-0.39, 0.29) is 12.3 Å². The molecular formula is C42H84NO11P. The highest BCUT2D eigenvalue weighted by atomic mass is 31.2. The molecule has 0 bridgehead atoms. The van der Waals surface area contributed by atoms with Crippen LogP contribution in [0.15, 0.2) is 0 Å². The summed E-state index contributed by atoms with van der Waals surface area (Å²) in [5, 5.41) is 64.0. The molecule has 1 rings (SSSR count). The molecule has 0 aromatic carbocycles. The van der Waals surface area contributed by atoms with Gasteiger partial charge in [-0.15, -0.1) is 0 Å².